The van der Waals surface area contributed by atoms with Crippen LogP contribution in [0.5, 0.6) is 0 Å². The van der Waals surface area contributed by atoms with E-state index in [-0.39, 0.29) is 25.9 Å². The molecule has 0 spiro atoms. The molecule has 25 heavy (non-hydrogen) atoms. The van der Waals surface area contributed by atoms with Crippen LogP contribution in [0.1, 0.15) is 27.9 Å². The number of furan rings is 1. The second-order valence-electron chi connectivity index (χ2n) is 5.03. The summed E-state index contributed by atoms with van der Waals surface area (Å²) in [5.74, 6) is -0.00227. The van der Waals surface area contributed by atoms with Crippen LogP contribution in [-0.4, -0.2) is 10.9 Å². The summed E-state index contributed by atoms with van der Waals surface area (Å²) in [6.07, 6.45) is 1.53. The lowest BCUT2D eigenvalue weighted by Gasteiger charge is -2.17. The Morgan fingerprint density at radius 1 is 0.960 bits per heavy atom. The second-order valence-corrected chi connectivity index (χ2v) is 6.52. The molecule has 0 saturated carbocycles. The van der Waals surface area contributed by atoms with E-state index in [1.807, 2.05) is 30.3 Å². The van der Waals surface area contributed by atoms with Gasteiger partial charge in [0.25, 0.3) is 5.91 Å². The Labute approximate surface area is 163 Å². The smallest absolute Gasteiger partial charge is 0.272 e. The van der Waals surface area contributed by atoms with E-state index in [0.29, 0.717) is 5.76 Å². The zero-order chi connectivity index (χ0) is 18.0. The second kappa shape index (κ2) is 7.67. The Balaban J connectivity index is 1.97. The molecule has 0 radical (unpaired) electrons. The number of hydrogen-bond donors (Lipinski definition) is 1. The highest BCUT2D eigenvalue weighted by Crippen LogP contribution is 2.36. The van der Waals surface area contributed by atoms with Crippen molar-refractivity contribution in [1.82, 2.24) is 10.3 Å². The standard InChI is InChI=1S/C17H10Cl4N2O2/c18-11-12(19)15(22-16(21)13(11)20)17(24)23-14(10-7-4-8-25-10)9-5-2-1-3-6-9/h1-8,14H,(H,23,24). The molecule has 1 N–H and O–H groups in total. The van der Waals surface area contributed by atoms with Crippen molar-refractivity contribution < 1.29 is 9.21 Å². The number of halogens is 4. The van der Waals surface area contributed by atoms with Gasteiger partial charge in [0, 0.05) is 0 Å². The van der Waals surface area contributed by atoms with Crippen LogP contribution in [0.15, 0.2) is 53.1 Å². The fraction of sp³-hybridized carbons (Fsp3) is 0.0588. The van der Waals surface area contributed by atoms with Gasteiger partial charge in [-0.2, -0.15) is 0 Å². The Hall–Kier alpha value is -1.72. The number of hydrogen-bond acceptors (Lipinski definition) is 3. The fourth-order valence-corrected chi connectivity index (χ4v) is 3.07. The first-order valence-corrected chi connectivity index (χ1v) is 8.59. The van der Waals surface area contributed by atoms with E-state index >= 15 is 0 Å². The summed E-state index contributed by atoms with van der Waals surface area (Å²) < 4.78 is 5.44. The van der Waals surface area contributed by atoms with Crippen molar-refractivity contribution in [3.05, 3.63) is 86.0 Å². The van der Waals surface area contributed by atoms with Gasteiger partial charge in [-0.3, -0.25) is 4.79 Å². The summed E-state index contributed by atoms with van der Waals surface area (Å²) in [4.78, 5) is 16.6. The minimum Gasteiger partial charge on any atom is -0.467 e. The minimum atomic E-state index is -0.560. The highest BCUT2D eigenvalue weighted by molar-refractivity contribution is 6.52. The van der Waals surface area contributed by atoms with Gasteiger partial charge in [0.15, 0.2) is 0 Å². The lowest BCUT2D eigenvalue weighted by Crippen LogP contribution is -2.30. The summed E-state index contributed by atoms with van der Waals surface area (Å²) >= 11 is 23.9. The van der Waals surface area contributed by atoms with Crippen LogP contribution in [0.2, 0.25) is 20.2 Å². The normalized spacial score (nSPS) is 12.0. The molecule has 3 aromatic rings. The monoisotopic (exact) mass is 414 g/mol. The molecule has 0 saturated heterocycles. The third kappa shape index (κ3) is 3.77. The van der Waals surface area contributed by atoms with Gasteiger partial charge in [0.1, 0.15) is 22.6 Å². The summed E-state index contributed by atoms with van der Waals surface area (Å²) in [5.41, 5.74) is 0.710. The average molecular weight is 416 g/mol. The Kier molecular flexibility index (Phi) is 5.54. The third-order valence-corrected chi connectivity index (χ3v) is 5.11. The molecule has 8 heteroatoms. The first-order chi connectivity index (χ1) is 12.0. The molecule has 0 bridgehead atoms. The van der Waals surface area contributed by atoms with Crippen molar-refractivity contribution >= 4 is 52.3 Å². The Bertz CT molecular complexity index is 899. The van der Waals surface area contributed by atoms with Gasteiger partial charge in [0.05, 0.1) is 21.3 Å². The van der Waals surface area contributed by atoms with Crippen LogP contribution in [0.3, 0.4) is 0 Å². The van der Waals surface area contributed by atoms with E-state index in [1.54, 1.807) is 12.1 Å². The quantitative estimate of drug-likeness (QED) is 0.547. The summed E-state index contributed by atoms with van der Waals surface area (Å²) in [6, 6.07) is 12.3. The molecule has 1 amide bonds. The molecular formula is C17H10Cl4N2O2. The number of nitrogens with zero attached hydrogens (tertiary/aromatic N) is 1. The van der Waals surface area contributed by atoms with Gasteiger partial charge in [-0.15, -0.1) is 0 Å². The summed E-state index contributed by atoms with van der Waals surface area (Å²) in [6.45, 7) is 0. The van der Waals surface area contributed by atoms with Gasteiger partial charge < -0.3 is 9.73 Å². The first kappa shape index (κ1) is 18.1. The van der Waals surface area contributed by atoms with Crippen LogP contribution in [0.25, 0.3) is 0 Å². The average Bonchev–Trinajstić information content (AvgIpc) is 3.15. The molecule has 0 fully saturated rings. The maximum atomic E-state index is 12.7. The maximum Gasteiger partial charge on any atom is 0.272 e. The van der Waals surface area contributed by atoms with Gasteiger partial charge in [-0.25, -0.2) is 4.98 Å². The van der Waals surface area contributed by atoms with E-state index < -0.39 is 11.9 Å². The van der Waals surface area contributed by atoms with Gasteiger partial charge in [0.2, 0.25) is 0 Å². The molecule has 0 aliphatic heterocycles. The van der Waals surface area contributed by atoms with Gasteiger partial charge in [-0.1, -0.05) is 76.7 Å². The maximum absolute atomic E-state index is 12.7. The number of rotatable bonds is 4. The predicted octanol–water partition coefficient (Wildman–Crippen LogP) is 5.81. The van der Waals surface area contributed by atoms with Crippen molar-refractivity contribution in [1.29, 1.82) is 0 Å². The highest BCUT2D eigenvalue weighted by Gasteiger charge is 2.25. The molecule has 2 aromatic heterocycles. The molecule has 1 atom stereocenters. The number of nitrogens with one attached hydrogen (secondary N) is 1. The zero-order valence-corrected chi connectivity index (χ0v) is 15.5. The Morgan fingerprint density at radius 3 is 2.32 bits per heavy atom. The van der Waals surface area contributed by atoms with Crippen LogP contribution in [-0.2, 0) is 0 Å². The van der Waals surface area contributed by atoms with Crippen molar-refractivity contribution in [2.75, 3.05) is 0 Å². The van der Waals surface area contributed by atoms with Crippen LogP contribution < -0.4 is 5.32 Å². The van der Waals surface area contributed by atoms with Gasteiger partial charge >= 0.3 is 0 Å². The van der Waals surface area contributed by atoms with Crippen molar-refractivity contribution in [2.24, 2.45) is 0 Å². The molecule has 4 nitrogen and oxygen atoms in total. The summed E-state index contributed by atoms with van der Waals surface area (Å²) in [5, 5.41) is 2.63. The van der Waals surface area contributed by atoms with Crippen LogP contribution >= 0.6 is 46.4 Å². The van der Waals surface area contributed by atoms with Gasteiger partial charge in [-0.05, 0) is 17.7 Å². The molecule has 0 aliphatic carbocycles. The lowest BCUT2D eigenvalue weighted by molar-refractivity contribution is 0.0934. The lowest BCUT2D eigenvalue weighted by atomic mass is 10.0. The van der Waals surface area contributed by atoms with Crippen LogP contribution in [0, 0.1) is 0 Å². The van der Waals surface area contributed by atoms with Crippen molar-refractivity contribution in [3.8, 4) is 0 Å². The van der Waals surface area contributed by atoms with E-state index in [9.17, 15) is 4.79 Å². The van der Waals surface area contributed by atoms with E-state index in [1.165, 1.54) is 6.26 Å². The van der Waals surface area contributed by atoms with Crippen molar-refractivity contribution in [3.63, 3.8) is 0 Å². The molecule has 3 rings (SSSR count). The van der Waals surface area contributed by atoms with E-state index in [2.05, 4.69) is 10.3 Å². The molecule has 1 unspecified atom stereocenters. The largest absolute Gasteiger partial charge is 0.467 e. The first-order valence-electron chi connectivity index (χ1n) is 7.08. The van der Waals surface area contributed by atoms with Crippen LogP contribution in [0.4, 0.5) is 0 Å². The highest BCUT2D eigenvalue weighted by atomic mass is 35.5. The number of amides is 1. The summed E-state index contributed by atoms with van der Waals surface area (Å²) in [7, 11) is 0. The molecule has 0 aliphatic rings. The molecule has 1 aromatic carbocycles. The van der Waals surface area contributed by atoms with Crippen molar-refractivity contribution in [2.45, 2.75) is 6.04 Å². The minimum absolute atomic E-state index is 0.00414. The number of carbonyl (C=O) groups excluding carboxylic acids is 1. The number of carbonyl (C=O) groups is 1. The topological polar surface area (TPSA) is 55.1 Å². The Morgan fingerprint density at radius 2 is 1.68 bits per heavy atom. The molecular weight excluding hydrogens is 406 g/mol. The molecule has 128 valence electrons. The zero-order valence-electron chi connectivity index (χ0n) is 12.5. The van der Waals surface area contributed by atoms with E-state index in [4.69, 9.17) is 50.8 Å². The third-order valence-electron chi connectivity index (χ3n) is 3.44. The number of benzene rings is 1. The molecule has 2 heterocycles. The number of aromatic nitrogens is 1. The SMILES string of the molecule is O=C(NC(c1ccccc1)c1ccco1)c1nc(Cl)c(Cl)c(Cl)c1Cl. The fourth-order valence-electron chi connectivity index (χ4n) is 2.26. The number of pyridine rings is 1. The predicted molar refractivity (Wildman–Crippen MR) is 98.7 cm³/mol. The van der Waals surface area contributed by atoms with E-state index in [0.717, 1.165) is 5.56 Å².